The molecular formula is C38H41ClF3N11O4S. The Balaban J connectivity index is 0.000000221. The van der Waals surface area contributed by atoms with Crippen molar-refractivity contribution in [1.82, 2.24) is 40.2 Å². The molecule has 4 amide bonds. The lowest BCUT2D eigenvalue weighted by atomic mass is 9.87. The number of carbonyl (C=O) groups excluding carboxylic acids is 3. The van der Waals surface area contributed by atoms with Gasteiger partial charge in [-0.15, -0.1) is 0 Å². The number of thiazole rings is 1. The van der Waals surface area contributed by atoms with Crippen LogP contribution in [0.2, 0.25) is 5.02 Å². The summed E-state index contributed by atoms with van der Waals surface area (Å²) in [6.07, 6.45) is -0.837. The van der Waals surface area contributed by atoms with Gasteiger partial charge in [0.05, 0.1) is 50.9 Å². The summed E-state index contributed by atoms with van der Waals surface area (Å²) < 4.78 is 41.9. The number of alkyl halides is 3. The van der Waals surface area contributed by atoms with Gasteiger partial charge in [-0.05, 0) is 89.4 Å². The van der Waals surface area contributed by atoms with E-state index in [0.717, 1.165) is 36.4 Å². The number of nitrogens with two attached hydrogens (primary N) is 1. The Morgan fingerprint density at radius 1 is 1.16 bits per heavy atom. The van der Waals surface area contributed by atoms with Gasteiger partial charge in [-0.3, -0.25) is 29.7 Å². The molecule has 1 fully saturated rings. The topological polar surface area (TPSA) is 221 Å². The number of hydrogen-bond acceptors (Lipinski definition) is 10. The van der Waals surface area contributed by atoms with Crippen LogP contribution in [0.4, 0.5) is 23.1 Å². The van der Waals surface area contributed by atoms with E-state index in [9.17, 15) is 32.7 Å². The summed E-state index contributed by atoms with van der Waals surface area (Å²) in [5.74, 6) is -0.892. The second-order valence-corrected chi connectivity index (χ2v) is 15.6. The van der Waals surface area contributed by atoms with E-state index in [0.29, 0.717) is 58.3 Å². The van der Waals surface area contributed by atoms with E-state index >= 15 is 0 Å². The van der Waals surface area contributed by atoms with Crippen LogP contribution >= 0.6 is 22.9 Å². The Kier molecular flexibility index (Phi) is 13.2. The van der Waals surface area contributed by atoms with Crippen molar-refractivity contribution >= 4 is 45.9 Å². The van der Waals surface area contributed by atoms with Gasteiger partial charge in [-0.1, -0.05) is 29.0 Å². The quantitative estimate of drug-likeness (QED) is 0.103. The van der Waals surface area contributed by atoms with Crippen LogP contribution in [0.5, 0.6) is 0 Å². The second kappa shape index (κ2) is 17.7. The van der Waals surface area contributed by atoms with Crippen LogP contribution in [0.25, 0.3) is 21.7 Å². The number of hydrogen-bond donors (Lipinski definition) is 5. The maximum Gasteiger partial charge on any atom is 0.399 e. The zero-order valence-corrected chi connectivity index (χ0v) is 33.6. The number of nitrogens with one attached hydrogen (secondary N) is 3. The predicted octanol–water partition coefficient (Wildman–Crippen LogP) is 6.51. The first-order valence-electron chi connectivity index (χ1n) is 17.9. The summed E-state index contributed by atoms with van der Waals surface area (Å²) in [7, 11) is 0. The first-order valence-corrected chi connectivity index (χ1v) is 19.1. The maximum absolute atomic E-state index is 13.4. The number of halogens is 4. The molecule has 3 unspecified atom stereocenters. The number of benzene rings is 1. The van der Waals surface area contributed by atoms with Crippen molar-refractivity contribution in [1.29, 1.82) is 5.26 Å². The molecule has 0 bridgehead atoms. The number of nitriles is 1. The molecule has 20 heteroatoms. The van der Waals surface area contributed by atoms with Gasteiger partial charge in [0.15, 0.2) is 5.13 Å². The monoisotopic (exact) mass is 839 g/mol. The first kappa shape index (κ1) is 43.3. The average Bonchev–Trinajstić information content (AvgIpc) is 3.99. The maximum atomic E-state index is 13.4. The fourth-order valence-electron chi connectivity index (χ4n) is 5.92. The summed E-state index contributed by atoms with van der Waals surface area (Å²) in [6, 6.07) is 12.2. The Morgan fingerprint density at radius 2 is 1.90 bits per heavy atom. The molecule has 5 aromatic rings. The summed E-state index contributed by atoms with van der Waals surface area (Å²) in [5, 5.41) is 35.7. The number of likely N-dealkylation sites (tertiary alicyclic amines) is 1. The van der Waals surface area contributed by atoms with Crippen LogP contribution in [-0.2, 0) is 16.8 Å². The number of aryl methyl sites for hydroxylation is 1. The molecule has 1 saturated heterocycles. The van der Waals surface area contributed by atoms with E-state index in [1.165, 1.54) is 23.2 Å². The summed E-state index contributed by atoms with van der Waals surface area (Å²) >= 11 is 7.22. The Hall–Kier alpha value is -5.84. The highest BCUT2D eigenvalue weighted by atomic mass is 35.5. The van der Waals surface area contributed by atoms with Crippen molar-refractivity contribution in [3.63, 3.8) is 0 Å². The van der Waals surface area contributed by atoms with Crippen LogP contribution in [-0.4, -0.2) is 82.6 Å². The molecule has 15 nitrogen and oxygen atoms in total. The third-order valence-corrected chi connectivity index (χ3v) is 10.8. The molecule has 1 aliphatic heterocycles. The van der Waals surface area contributed by atoms with E-state index < -0.39 is 35.7 Å². The lowest BCUT2D eigenvalue weighted by Crippen LogP contribution is -2.45. The fourth-order valence-corrected chi connectivity index (χ4v) is 7.09. The normalized spacial score (nSPS) is 15.2. The molecule has 58 heavy (non-hydrogen) atoms. The average molecular weight is 840 g/mol. The molecule has 0 spiro atoms. The van der Waals surface area contributed by atoms with Crippen molar-refractivity contribution in [2.75, 3.05) is 11.9 Å². The molecule has 0 radical (unpaired) electrons. The van der Waals surface area contributed by atoms with Gasteiger partial charge in [0.25, 0.3) is 5.91 Å². The van der Waals surface area contributed by atoms with Crippen molar-refractivity contribution in [3.05, 3.63) is 88.2 Å². The number of pyridine rings is 1. The summed E-state index contributed by atoms with van der Waals surface area (Å²) in [6.45, 7) is 8.19. The molecule has 4 aromatic heterocycles. The number of aliphatic hydroxyl groups excluding tert-OH is 1. The number of anilines is 1. The first-order chi connectivity index (χ1) is 27.3. The Labute approximate surface area is 340 Å². The smallest absolute Gasteiger partial charge is 0.387 e. The summed E-state index contributed by atoms with van der Waals surface area (Å²) in [4.78, 5) is 46.5. The molecule has 0 saturated carbocycles. The molecule has 1 aliphatic rings. The number of H-pyrrole nitrogens is 1. The van der Waals surface area contributed by atoms with Crippen LogP contribution in [0.15, 0.2) is 54.9 Å². The molecule has 6 N–H and O–H groups in total. The molecule has 0 aliphatic carbocycles. The van der Waals surface area contributed by atoms with Gasteiger partial charge < -0.3 is 21.1 Å². The lowest BCUT2D eigenvalue weighted by molar-refractivity contribution is -0.181. The van der Waals surface area contributed by atoms with Gasteiger partial charge in [-0.25, -0.2) is 9.78 Å². The molecule has 1 aromatic carbocycles. The fraction of sp³-hybridized carbons (Fsp3) is 0.368. The van der Waals surface area contributed by atoms with Crippen LogP contribution in [0, 0.1) is 18.3 Å². The number of rotatable bonds is 10. The Morgan fingerprint density at radius 3 is 2.53 bits per heavy atom. The molecule has 3 atom stereocenters. The number of aliphatic hydroxyl groups is 1. The number of primary amides is 1. The third kappa shape index (κ3) is 9.99. The van der Waals surface area contributed by atoms with Gasteiger partial charge in [0.2, 0.25) is 5.91 Å². The van der Waals surface area contributed by atoms with Crippen LogP contribution in [0.1, 0.15) is 79.8 Å². The minimum atomic E-state index is -4.45. The number of carbonyl (C=O) groups is 3. The molecule has 306 valence electrons. The van der Waals surface area contributed by atoms with Gasteiger partial charge in [-0.2, -0.15) is 28.6 Å². The van der Waals surface area contributed by atoms with Crippen molar-refractivity contribution in [2.45, 2.75) is 83.8 Å². The largest absolute Gasteiger partial charge is 0.399 e. The van der Waals surface area contributed by atoms with E-state index in [4.69, 9.17) is 22.6 Å². The SMILES string of the molecule is CC(Cn1ccc(-c2ccc(C#N)c(Cl)c2)n1)NC(=O)c1cc(C(C)O)[nH]n1.Cc1nc(NC(=O)N2CCCC2C(N)=O)sc1-c1ccnc(C(C)(C)C(F)(F)F)c1. The van der Waals surface area contributed by atoms with E-state index in [-0.39, 0.29) is 28.5 Å². The standard InChI is InChI=1S/C19H19ClN6O2.C19H22F3N5O2S/c1-11(22-19(28)18-8-17(12(2)27)23-24-18)10-26-6-5-16(25-26)13-3-4-14(9-21)15(20)7-13;1-10-14(11-6-7-24-13(9-11)18(2,3)19(20,21)22)30-16(25-10)26-17(29)27-8-4-5-12(27)15(23)28/h3-8,11-12,27H,10H2,1-2H3,(H,22,28)(H,23,24);6-7,9,12H,4-5,8H2,1-3H3,(H2,23,28)(H,25,26,29). The van der Waals surface area contributed by atoms with E-state index in [2.05, 4.69) is 35.9 Å². The molecule has 5 heterocycles. The Bertz CT molecular complexity index is 2330. The lowest BCUT2D eigenvalue weighted by Gasteiger charge is -2.27. The predicted molar refractivity (Wildman–Crippen MR) is 211 cm³/mol. The van der Waals surface area contributed by atoms with Crippen LogP contribution in [0.3, 0.4) is 0 Å². The van der Waals surface area contributed by atoms with Gasteiger partial charge in [0.1, 0.15) is 23.2 Å². The highest BCUT2D eigenvalue weighted by Crippen LogP contribution is 2.41. The van der Waals surface area contributed by atoms with Gasteiger partial charge in [0, 0.05) is 30.5 Å². The highest BCUT2D eigenvalue weighted by Gasteiger charge is 2.49. The third-order valence-electron chi connectivity index (χ3n) is 9.37. The molecular weight excluding hydrogens is 799 g/mol. The number of urea groups is 1. The number of amides is 4. The van der Waals surface area contributed by atoms with Crippen molar-refractivity contribution in [3.8, 4) is 27.8 Å². The second-order valence-electron chi connectivity index (χ2n) is 14.2. The van der Waals surface area contributed by atoms with E-state index in [1.54, 1.807) is 42.8 Å². The molecule has 6 rings (SSSR count). The van der Waals surface area contributed by atoms with Crippen molar-refractivity contribution in [2.24, 2.45) is 5.73 Å². The zero-order chi connectivity index (χ0) is 42.5. The zero-order valence-electron chi connectivity index (χ0n) is 32.1. The minimum absolute atomic E-state index is 0.104. The number of aromatic amines is 1. The van der Waals surface area contributed by atoms with Crippen molar-refractivity contribution < 1.29 is 32.7 Å². The summed E-state index contributed by atoms with van der Waals surface area (Å²) in [5.41, 5.74) is 6.86. The highest BCUT2D eigenvalue weighted by molar-refractivity contribution is 7.19. The van der Waals surface area contributed by atoms with Crippen LogP contribution < -0.4 is 16.4 Å². The van der Waals surface area contributed by atoms with Gasteiger partial charge >= 0.3 is 12.2 Å². The number of aromatic nitrogens is 6. The minimum Gasteiger partial charge on any atom is -0.387 e. The number of nitrogens with zero attached hydrogens (tertiary/aromatic N) is 7. The van der Waals surface area contributed by atoms with E-state index in [1.807, 2.05) is 25.3 Å².